The van der Waals surface area contributed by atoms with Gasteiger partial charge in [0.05, 0.1) is 13.2 Å². The van der Waals surface area contributed by atoms with Crippen LogP contribution < -0.4 is 4.74 Å². The molecule has 118 valence electrons. The summed E-state index contributed by atoms with van der Waals surface area (Å²) in [5.41, 5.74) is 1.24. The molecule has 0 saturated heterocycles. The molecule has 1 aromatic rings. The summed E-state index contributed by atoms with van der Waals surface area (Å²) in [7, 11) is 5.91. The highest BCUT2D eigenvalue weighted by molar-refractivity contribution is 5.27. The van der Waals surface area contributed by atoms with Gasteiger partial charge in [-0.25, -0.2) is 0 Å². The van der Waals surface area contributed by atoms with Crippen LogP contribution in [0.3, 0.4) is 0 Å². The third-order valence-electron chi connectivity index (χ3n) is 5.10. The molecule has 0 aromatic heterocycles. The largest absolute Gasteiger partial charge is 0.497 e. The smallest absolute Gasteiger partial charge is 0.118 e. The van der Waals surface area contributed by atoms with Gasteiger partial charge in [0, 0.05) is 5.54 Å². The number of hydrogen-bond donors (Lipinski definition) is 1. The molecule has 1 saturated carbocycles. The number of nitrogens with zero attached hydrogens (tertiary/aromatic N) is 1. The fraction of sp³-hybridized carbons (Fsp3) is 0.667. The van der Waals surface area contributed by atoms with Gasteiger partial charge < -0.3 is 14.7 Å². The summed E-state index contributed by atoms with van der Waals surface area (Å²) in [6, 6.07) is 8.16. The van der Waals surface area contributed by atoms with Gasteiger partial charge in [0.25, 0.3) is 0 Å². The first-order valence-corrected chi connectivity index (χ1v) is 8.07. The van der Waals surface area contributed by atoms with E-state index in [2.05, 4.69) is 31.1 Å². The summed E-state index contributed by atoms with van der Waals surface area (Å²) in [6.07, 6.45) is 7.49. The molecular formula is C18H29NO2. The Kier molecular flexibility index (Phi) is 5.65. The SMILES string of the molecule is COc1ccc(CCC(O)C2(N(C)C)CCCCC2)cc1. The van der Waals surface area contributed by atoms with Gasteiger partial charge in [-0.05, 0) is 57.5 Å². The number of aliphatic hydroxyl groups is 1. The molecule has 1 unspecified atom stereocenters. The fourth-order valence-electron chi connectivity index (χ4n) is 3.61. The van der Waals surface area contributed by atoms with Crippen molar-refractivity contribution in [2.75, 3.05) is 21.2 Å². The molecular weight excluding hydrogens is 262 g/mol. The molecule has 0 amide bonds. The zero-order valence-corrected chi connectivity index (χ0v) is 13.6. The predicted octanol–water partition coefficient (Wildman–Crippen LogP) is 3.25. The zero-order valence-electron chi connectivity index (χ0n) is 13.6. The lowest BCUT2D eigenvalue weighted by molar-refractivity contribution is -0.0353. The fourth-order valence-corrected chi connectivity index (χ4v) is 3.61. The Bertz CT molecular complexity index is 421. The van der Waals surface area contributed by atoms with E-state index < -0.39 is 0 Å². The number of hydrogen-bond acceptors (Lipinski definition) is 3. The van der Waals surface area contributed by atoms with Crippen molar-refractivity contribution in [3.8, 4) is 5.75 Å². The van der Waals surface area contributed by atoms with E-state index >= 15 is 0 Å². The van der Waals surface area contributed by atoms with Crippen LogP contribution in [-0.2, 0) is 6.42 Å². The zero-order chi connectivity index (χ0) is 15.3. The lowest BCUT2D eigenvalue weighted by Crippen LogP contribution is -2.54. The maximum Gasteiger partial charge on any atom is 0.118 e. The lowest BCUT2D eigenvalue weighted by Gasteiger charge is -2.46. The number of rotatable bonds is 6. The highest BCUT2D eigenvalue weighted by Gasteiger charge is 2.40. The van der Waals surface area contributed by atoms with Crippen molar-refractivity contribution in [2.45, 2.75) is 56.6 Å². The van der Waals surface area contributed by atoms with Crippen LogP contribution in [0.4, 0.5) is 0 Å². The Balaban J connectivity index is 1.96. The number of benzene rings is 1. The normalized spacial score (nSPS) is 19.5. The van der Waals surface area contributed by atoms with Crippen LogP contribution in [0.25, 0.3) is 0 Å². The van der Waals surface area contributed by atoms with Gasteiger partial charge in [0.1, 0.15) is 5.75 Å². The molecule has 0 heterocycles. The Labute approximate surface area is 128 Å². The van der Waals surface area contributed by atoms with Crippen molar-refractivity contribution in [1.29, 1.82) is 0 Å². The van der Waals surface area contributed by atoms with Crippen LogP contribution in [0.2, 0.25) is 0 Å². The first-order valence-electron chi connectivity index (χ1n) is 8.07. The minimum Gasteiger partial charge on any atom is -0.497 e. The Morgan fingerprint density at radius 1 is 1.14 bits per heavy atom. The Morgan fingerprint density at radius 3 is 2.29 bits per heavy atom. The summed E-state index contributed by atoms with van der Waals surface area (Å²) in [5.74, 6) is 0.886. The first kappa shape index (κ1) is 16.3. The molecule has 3 nitrogen and oxygen atoms in total. The molecule has 3 heteroatoms. The van der Waals surface area contributed by atoms with Crippen LogP contribution in [-0.4, -0.2) is 42.9 Å². The Hall–Kier alpha value is -1.06. The van der Waals surface area contributed by atoms with Crippen LogP contribution >= 0.6 is 0 Å². The van der Waals surface area contributed by atoms with Gasteiger partial charge >= 0.3 is 0 Å². The number of aryl methyl sites for hydroxylation is 1. The van der Waals surface area contributed by atoms with E-state index in [9.17, 15) is 5.11 Å². The van der Waals surface area contributed by atoms with Crippen LogP contribution in [0.5, 0.6) is 5.75 Å². The van der Waals surface area contributed by atoms with Crippen molar-refractivity contribution < 1.29 is 9.84 Å². The van der Waals surface area contributed by atoms with E-state index in [0.29, 0.717) is 0 Å². The van der Waals surface area contributed by atoms with Crippen molar-refractivity contribution in [1.82, 2.24) is 4.90 Å². The molecule has 0 bridgehead atoms. The van der Waals surface area contributed by atoms with E-state index in [1.165, 1.54) is 24.8 Å². The second-order valence-corrected chi connectivity index (χ2v) is 6.46. The van der Waals surface area contributed by atoms with Crippen molar-refractivity contribution >= 4 is 0 Å². The van der Waals surface area contributed by atoms with E-state index in [1.54, 1.807) is 7.11 Å². The molecule has 21 heavy (non-hydrogen) atoms. The third-order valence-corrected chi connectivity index (χ3v) is 5.10. The minimum atomic E-state index is -0.255. The summed E-state index contributed by atoms with van der Waals surface area (Å²) in [6.45, 7) is 0. The van der Waals surface area contributed by atoms with E-state index in [4.69, 9.17) is 4.74 Å². The second-order valence-electron chi connectivity index (χ2n) is 6.46. The van der Waals surface area contributed by atoms with E-state index in [0.717, 1.165) is 31.4 Å². The van der Waals surface area contributed by atoms with Crippen LogP contribution in [0.15, 0.2) is 24.3 Å². The standard InChI is InChI=1S/C18H29NO2/c1-19(2)18(13-5-4-6-14-18)17(20)12-9-15-7-10-16(21-3)11-8-15/h7-8,10-11,17,20H,4-6,9,12-14H2,1-3H3. The van der Waals surface area contributed by atoms with E-state index in [1.807, 2.05) is 12.1 Å². The molecule has 0 spiro atoms. The van der Waals surface area contributed by atoms with Crippen molar-refractivity contribution in [3.63, 3.8) is 0 Å². The van der Waals surface area contributed by atoms with Crippen LogP contribution in [0, 0.1) is 0 Å². The molecule has 2 rings (SSSR count). The lowest BCUT2D eigenvalue weighted by atomic mass is 9.75. The second kappa shape index (κ2) is 7.28. The van der Waals surface area contributed by atoms with Crippen molar-refractivity contribution in [2.24, 2.45) is 0 Å². The number of ether oxygens (including phenoxy) is 1. The molecule has 1 fully saturated rings. The third kappa shape index (κ3) is 3.78. The molecule has 0 radical (unpaired) electrons. The van der Waals surface area contributed by atoms with Gasteiger partial charge in [0.2, 0.25) is 0 Å². The average molecular weight is 291 g/mol. The maximum atomic E-state index is 10.8. The molecule has 1 atom stereocenters. The quantitative estimate of drug-likeness (QED) is 0.873. The van der Waals surface area contributed by atoms with Gasteiger partial charge in [-0.2, -0.15) is 0 Å². The number of aliphatic hydroxyl groups excluding tert-OH is 1. The number of methoxy groups -OCH3 is 1. The number of likely N-dealkylation sites (N-methyl/N-ethyl adjacent to an activating group) is 1. The minimum absolute atomic E-state index is 0.0231. The van der Waals surface area contributed by atoms with Gasteiger partial charge in [-0.3, -0.25) is 0 Å². The predicted molar refractivity (Wildman–Crippen MR) is 86.8 cm³/mol. The highest BCUT2D eigenvalue weighted by atomic mass is 16.5. The molecule has 1 N–H and O–H groups in total. The summed E-state index contributed by atoms with van der Waals surface area (Å²) >= 11 is 0. The molecule has 1 aromatic carbocycles. The van der Waals surface area contributed by atoms with Gasteiger partial charge in [0.15, 0.2) is 0 Å². The topological polar surface area (TPSA) is 32.7 Å². The molecule has 1 aliphatic carbocycles. The monoisotopic (exact) mass is 291 g/mol. The van der Waals surface area contributed by atoms with Gasteiger partial charge in [-0.1, -0.05) is 31.4 Å². The molecule has 0 aliphatic heterocycles. The summed E-state index contributed by atoms with van der Waals surface area (Å²) in [5, 5.41) is 10.8. The van der Waals surface area contributed by atoms with Crippen molar-refractivity contribution in [3.05, 3.63) is 29.8 Å². The highest BCUT2D eigenvalue weighted by Crippen LogP contribution is 2.36. The first-order chi connectivity index (χ1) is 10.1. The average Bonchev–Trinajstić information content (AvgIpc) is 2.53. The maximum absolute atomic E-state index is 10.8. The molecule has 1 aliphatic rings. The summed E-state index contributed by atoms with van der Waals surface area (Å²) in [4.78, 5) is 2.25. The van der Waals surface area contributed by atoms with Gasteiger partial charge in [-0.15, -0.1) is 0 Å². The van der Waals surface area contributed by atoms with Crippen LogP contribution in [0.1, 0.15) is 44.1 Å². The van der Waals surface area contributed by atoms with E-state index in [-0.39, 0.29) is 11.6 Å². The summed E-state index contributed by atoms with van der Waals surface area (Å²) < 4.78 is 5.18. The Morgan fingerprint density at radius 2 is 1.76 bits per heavy atom.